The zero-order valence-corrected chi connectivity index (χ0v) is 44.9. The van der Waals surface area contributed by atoms with Crippen molar-refractivity contribution in [2.75, 3.05) is 0 Å². The second-order valence-electron chi connectivity index (χ2n) is 22.8. The highest BCUT2D eigenvalue weighted by Crippen LogP contribution is 2.51. The number of benzene rings is 11. The molecule has 14 aromatic rings. The molecule has 0 N–H and O–H groups in total. The number of hydrogen-bond donors (Lipinski definition) is 0. The summed E-state index contributed by atoms with van der Waals surface area (Å²) in [4.78, 5) is 16.6. The summed E-state index contributed by atoms with van der Waals surface area (Å²) in [5.41, 5.74) is 24.8. The van der Waals surface area contributed by atoms with Crippen LogP contribution in [0.25, 0.3) is 134 Å². The molecule has 11 aromatic carbocycles. The summed E-state index contributed by atoms with van der Waals surface area (Å²) in [5.74, 6) is 1.67. The minimum Gasteiger partial charge on any atom is -0.278 e. The number of nitrogens with zero attached hydrogens (tertiary/aromatic N) is 5. The van der Waals surface area contributed by atoms with Crippen molar-refractivity contribution in [2.24, 2.45) is 0 Å². The maximum absolute atomic E-state index is 5.58. The lowest BCUT2D eigenvalue weighted by Gasteiger charge is -2.22. The molecular formula is C75H53N5. The van der Waals surface area contributed by atoms with Crippen LogP contribution >= 0.6 is 0 Å². The lowest BCUT2D eigenvalue weighted by molar-refractivity contribution is 0.660. The van der Waals surface area contributed by atoms with Gasteiger partial charge < -0.3 is 0 Å². The van der Waals surface area contributed by atoms with Gasteiger partial charge in [-0.3, -0.25) is 9.13 Å². The molecule has 0 unspecified atom stereocenters. The van der Waals surface area contributed by atoms with E-state index in [0.29, 0.717) is 17.7 Å². The Morgan fingerprint density at radius 1 is 0.250 bits per heavy atom. The van der Waals surface area contributed by atoms with Crippen molar-refractivity contribution in [3.05, 3.63) is 271 Å². The fourth-order valence-corrected chi connectivity index (χ4v) is 13.5. The van der Waals surface area contributed by atoms with Crippen LogP contribution in [0, 0.1) is 0 Å². The van der Waals surface area contributed by atoms with E-state index < -0.39 is 0 Å². The predicted octanol–water partition coefficient (Wildman–Crippen LogP) is 19.0. The normalized spacial score (nSPS) is 13.7. The van der Waals surface area contributed by atoms with Gasteiger partial charge in [-0.25, -0.2) is 0 Å². The van der Waals surface area contributed by atoms with Gasteiger partial charge in [-0.05, 0) is 144 Å². The lowest BCUT2D eigenvalue weighted by Crippen LogP contribution is -2.14. The van der Waals surface area contributed by atoms with E-state index in [1.807, 2.05) is 0 Å². The Kier molecular flexibility index (Phi) is 9.96. The molecule has 378 valence electrons. The van der Waals surface area contributed by atoms with Crippen LogP contribution in [0.5, 0.6) is 0 Å². The Morgan fingerprint density at radius 2 is 0.613 bits per heavy atom. The van der Waals surface area contributed by atoms with Crippen LogP contribution < -0.4 is 0 Å². The molecule has 0 radical (unpaired) electrons. The standard InChI is InChI=1S/C75H53N5/c1-74(2)63-25-12-8-21-55(63)57-37-33-52(44-65(57)74)50-35-39-69-61(42-50)59-23-10-14-27-67(59)79(69)72-76-71(54-20-16-19-49(41-54)48-31-29-47(30-32-48)46-17-6-5-7-18-46)77-73(78-72)80-68-28-15-11-24-60(68)62-43-51(36-40-70(62)80)53-34-38-58-56-22-9-13-26-64(56)75(3,4)66(58)45-53/h5-45H,1-4H3. The second-order valence-corrected chi connectivity index (χ2v) is 22.8. The van der Waals surface area contributed by atoms with E-state index in [1.165, 1.54) is 77.9 Å². The Hall–Kier alpha value is -9.97. The van der Waals surface area contributed by atoms with Crippen molar-refractivity contribution in [1.29, 1.82) is 0 Å². The van der Waals surface area contributed by atoms with Gasteiger partial charge in [0.1, 0.15) is 0 Å². The number of aromatic nitrogens is 5. The summed E-state index contributed by atoms with van der Waals surface area (Å²) in [6, 6.07) is 90.7. The van der Waals surface area contributed by atoms with Crippen LogP contribution in [0.1, 0.15) is 49.9 Å². The number of hydrogen-bond acceptors (Lipinski definition) is 3. The van der Waals surface area contributed by atoms with E-state index in [1.54, 1.807) is 0 Å². The van der Waals surface area contributed by atoms with Crippen molar-refractivity contribution in [3.8, 4) is 90.0 Å². The molecular weight excluding hydrogens is 971 g/mol. The van der Waals surface area contributed by atoms with Gasteiger partial charge in [0.2, 0.25) is 11.9 Å². The molecule has 2 aliphatic carbocycles. The lowest BCUT2D eigenvalue weighted by atomic mass is 9.81. The Bertz CT molecular complexity index is 4640. The molecule has 0 bridgehead atoms. The topological polar surface area (TPSA) is 48.5 Å². The first kappa shape index (κ1) is 46.2. The molecule has 3 aromatic heterocycles. The smallest absolute Gasteiger partial charge is 0.240 e. The Morgan fingerprint density at radius 3 is 1.15 bits per heavy atom. The van der Waals surface area contributed by atoms with Gasteiger partial charge in [0.05, 0.1) is 22.1 Å². The van der Waals surface area contributed by atoms with Gasteiger partial charge in [-0.2, -0.15) is 15.0 Å². The van der Waals surface area contributed by atoms with E-state index in [9.17, 15) is 0 Å². The molecule has 0 spiro atoms. The van der Waals surface area contributed by atoms with Crippen LogP contribution in [0.3, 0.4) is 0 Å². The molecule has 5 heteroatoms. The third-order valence-electron chi connectivity index (χ3n) is 17.6. The monoisotopic (exact) mass is 1020 g/mol. The van der Waals surface area contributed by atoms with Crippen molar-refractivity contribution >= 4 is 43.6 Å². The number of fused-ring (bicyclic) bond motifs is 12. The number of para-hydroxylation sites is 2. The molecule has 0 atom stereocenters. The zero-order chi connectivity index (χ0) is 53.4. The summed E-state index contributed by atoms with van der Waals surface area (Å²) in [5, 5.41) is 4.53. The molecule has 0 amide bonds. The molecule has 80 heavy (non-hydrogen) atoms. The Labute approximate surface area is 464 Å². The second kappa shape index (κ2) is 17.3. The van der Waals surface area contributed by atoms with E-state index >= 15 is 0 Å². The first-order chi connectivity index (χ1) is 39.2. The van der Waals surface area contributed by atoms with Gasteiger partial charge in [-0.15, -0.1) is 0 Å². The van der Waals surface area contributed by atoms with E-state index in [0.717, 1.165) is 60.3 Å². The fraction of sp³-hybridized carbons (Fsp3) is 0.0800. The molecule has 2 aliphatic rings. The molecule has 0 saturated heterocycles. The van der Waals surface area contributed by atoms with Gasteiger partial charge in [0.15, 0.2) is 5.82 Å². The van der Waals surface area contributed by atoms with E-state index in [2.05, 4.69) is 286 Å². The van der Waals surface area contributed by atoms with Crippen molar-refractivity contribution in [3.63, 3.8) is 0 Å². The van der Waals surface area contributed by atoms with Crippen LogP contribution in [0.2, 0.25) is 0 Å². The summed E-state index contributed by atoms with van der Waals surface area (Å²) in [6.07, 6.45) is 0. The SMILES string of the molecule is CC1(C)c2ccccc2-c2ccc(-c3ccc4c(c3)c3ccccc3n4-c3nc(-c4cccc(-c5ccc(-c6ccccc6)cc5)c4)nc(-n4c5ccccc5c5cc(-c6ccc7c(c6)C(C)(C)c6ccccc6-7)ccc54)n3)cc21. The highest BCUT2D eigenvalue weighted by molar-refractivity contribution is 6.12. The zero-order valence-electron chi connectivity index (χ0n) is 44.9. The number of rotatable bonds is 7. The average molecular weight is 1020 g/mol. The Balaban J connectivity index is 0.872. The molecule has 0 fully saturated rings. The van der Waals surface area contributed by atoms with Crippen molar-refractivity contribution in [2.45, 2.75) is 38.5 Å². The van der Waals surface area contributed by atoms with Crippen molar-refractivity contribution < 1.29 is 0 Å². The maximum atomic E-state index is 5.58. The largest absolute Gasteiger partial charge is 0.278 e. The van der Waals surface area contributed by atoms with Crippen LogP contribution in [-0.2, 0) is 10.8 Å². The third kappa shape index (κ3) is 6.93. The molecule has 5 nitrogen and oxygen atoms in total. The van der Waals surface area contributed by atoms with Crippen LogP contribution in [0.15, 0.2) is 249 Å². The van der Waals surface area contributed by atoms with Crippen LogP contribution in [-0.4, -0.2) is 24.1 Å². The van der Waals surface area contributed by atoms with Crippen LogP contribution in [0.4, 0.5) is 0 Å². The van der Waals surface area contributed by atoms with Crippen molar-refractivity contribution in [1.82, 2.24) is 24.1 Å². The average Bonchev–Trinajstić information content (AvgIpc) is 4.38. The predicted molar refractivity (Wildman–Crippen MR) is 331 cm³/mol. The fourth-order valence-electron chi connectivity index (χ4n) is 13.5. The summed E-state index contributed by atoms with van der Waals surface area (Å²) in [6.45, 7) is 9.39. The maximum Gasteiger partial charge on any atom is 0.240 e. The summed E-state index contributed by atoms with van der Waals surface area (Å²) >= 11 is 0. The summed E-state index contributed by atoms with van der Waals surface area (Å²) < 4.78 is 4.47. The first-order valence-electron chi connectivity index (χ1n) is 27.7. The van der Waals surface area contributed by atoms with Gasteiger partial charge in [-0.1, -0.05) is 222 Å². The first-order valence-corrected chi connectivity index (χ1v) is 27.7. The highest BCUT2D eigenvalue weighted by atomic mass is 15.3. The minimum atomic E-state index is -0.103. The molecule has 0 aliphatic heterocycles. The third-order valence-corrected chi connectivity index (χ3v) is 17.6. The van der Waals surface area contributed by atoms with E-state index in [-0.39, 0.29) is 10.8 Å². The molecule has 0 saturated carbocycles. The van der Waals surface area contributed by atoms with Gasteiger partial charge in [0, 0.05) is 37.9 Å². The molecule has 3 heterocycles. The highest BCUT2D eigenvalue weighted by Gasteiger charge is 2.37. The van der Waals surface area contributed by atoms with Gasteiger partial charge >= 0.3 is 0 Å². The minimum absolute atomic E-state index is 0.103. The summed E-state index contributed by atoms with van der Waals surface area (Å²) in [7, 11) is 0. The quantitative estimate of drug-likeness (QED) is 0.160. The van der Waals surface area contributed by atoms with Gasteiger partial charge in [0.25, 0.3) is 0 Å². The molecule has 16 rings (SSSR count). The van der Waals surface area contributed by atoms with E-state index in [4.69, 9.17) is 15.0 Å².